The van der Waals surface area contributed by atoms with Crippen molar-refractivity contribution in [2.75, 3.05) is 7.05 Å². The molecule has 1 aromatic rings. The van der Waals surface area contributed by atoms with Gasteiger partial charge in [0.25, 0.3) is 0 Å². The van der Waals surface area contributed by atoms with Gasteiger partial charge >= 0.3 is 0 Å². The van der Waals surface area contributed by atoms with Crippen molar-refractivity contribution in [2.24, 2.45) is 0 Å². The molecule has 1 aromatic carbocycles. The Labute approximate surface area is 94.9 Å². The van der Waals surface area contributed by atoms with Crippen LogP contribution in [0.3, 0.4) is 0 Å². The van der Waals surface area contributed by atoms with Crippen LogP contribution in [-0.2, 0) is 13.7 Å². The van der Waals surface area contributed by atoms with Crippen LogP contribution in [0.1, 0.15) is 0 Å². The molecule has 0 aliphatic carbocycles. The normalized spacial score (nSPS) is 10.9. The van der Waals surface area contributed by atoms with Crippen LogP contribution in [0.5, 0.6) is 0 Å². The van der Waals surface area contributed by atoms with Crippen LogP contribution < -0.4 is 0 Å². The van der Waals surface area contributed by atoms with Gasteiger partial charge in [0.15, 0.2) is 0 Å². The van der Waals surface area contributed by atoms with Crippen LogP contribution in [0.4, 0.5) is 0 Å². The molecule has 0 aliphatic heterocycles. The minimum absolute atomic E-state index is 0.595. The zero-order valence-electron chi connectivity index (χ0n) is 7.69. The first-order valence-electron chi connectivity index (χ1n) is 3.74. The number of nitrogens with zero attached hydrogens (tertiary/aromatic N) is 1. The smallest absolute Gasteiger partial charge is 0.0714 e. The monoisotopic (exact) mass is 251 g/mol. The number of hydrogen-bond acceptors (Lipinski definition) is 8. The molecule has 0 aliphatic rings. The number of hydrogen-bond donors (Lipinski definition) is 2. The summed E-state index contributed by atoms with van der Waals surface area (Å²) in [5.74, 6) is 0. The Kier molecular flexibility index (Phi) is 5.98. The Morgan fingerprint density at radius 2 is 1.93 bits per heavy atom. The third kappa shape index (κ3) is 5.35. The van der Waals surface area contributed by atoms with Gasteiger partial charge in [0.05, 0.1) is 24.1 Å². The summed E-state index contributed by atoms with van der Waals surface area (Å²) in [6, 6.07) is 7.05. The first kappa shape index (κ1) is 12.7. The molecule has 0 saturated carbocycles. The molecule has 0 heterocycles. The molecule has 0 radical (unpaired) electrons. The standard InChI is InChI=1S/C7H9NO5S2/c1-8(9)11-14-6-3-2-4-7(5-6)15-13-12-10/h2-5,9-10H,1H3. The molecule has 0 fully saturated rings. The predicted octanol–water partition coefficient (Wildman–Crippen LogP) is 2.37. The lowest BCUT2D eigenvalue weighted by Crippen LogP contribution is -2.07. The van der Waals surface area contributed by atoms with E-state index >= 15 is 0 Å². The first-order valence-corrected chi connectivity index (χ1v) is 5.23. The summed E-state index contributed by atoms with van der Waals surface area (Å²) in [6.45, 7) is 0. The highest BCUT2D eigenvalue weighted by molar-refractivity contribution is 7.95. The molecule has 15 heavy (non-hydrogen) atoms. The van der Waals surface area contributed by atoms with Crippen molar-refractivity contribution in [1.29, 1.82) is 0 Å². The second-order valence-corrected chi connectivity index (χ2v) is 3.88. The second-order valence-electron chi connectivity index (χ2n) is 2.32. The fourth-order valence-corrected chi connectivity index (χ4v) is 1.73. The molecule has 0 bridgehead atoms. The minimum Gasteiger partial charge on any atom is -0.289 e. The Morgan fingerprint density at radius 1 is 1.27 bits per heavy atom. The fraction of sp³-hybridized carbons (Fsp3) is 0.143. The van der Waals surface area contributed by atoms with Crippen LogP contribution >= 0.6 is 24.1 Å². The zero-order chi connectivity index (χ0) is 11.1. The molecule has 0 atom stereocenters. The van der Waals surface area contributed by atoms with Crippen LogP contribution in [0, 0.1) is 0 Å². The summed E-state index contributed by atoms with van der Waals surface area (Å²) in [5, 5.41) is 20.7. The van der Waals surface area contributed by atoms with E-state index in [2.05, 4.69) is 9.37 Å². The van der Waals surface area contributed by atoms with Crippen LogP contribution in [0.15, 0.2) is 34.1 Å². The largest absolute Gasteiger partial charge is 0.289 e. The molecule has 0 unspecified atom stereocenters. The lowest BCUT2D eigenvalue weighted by Gasteiger charge is -2.06. The average Bonchev–Trinajstić information content (AvgIpc) is 2.24. The maximum absolute atomic E-state index is 8.73. The van der Waals surface area contributed by atoms with E-state index in [4.69, 9.17) is 14.7 Å². The molecule has 8 heteroatoms. The van der Waals surface area contributed by atoms with Gasteiger partial charge in [-0.15, -0.1) is 4.33 Å². The van der Waals surface area contributed by atoms with E-state index in [1.807, 2.05) is 0 Å². The lowest BCUT2D eigenvalue weighted by atomic mass is 10.4. The molecule has 0 spiro atoms. The molecule has 84 valence electrons. The Bertz CT molecular complexity index is 298. The molecule has 2 N–H and O–H groups in total. The lowest BCUT2D eigenvalue weighted by molar-refractivity contribution is -0.432. The number of rotatable bonds is 6. The van der Waals surface area contributed by atoms with Crippen LogP contribution in [-0.4, -0.2) is 22.7 Å². The molecule has 0 saturated heterocycles. The molecular formula is C7H9NO5S2. The first-order chi connectivity index (χ1) is 7.22. The summed E-state index contributed by atoms with van der Waals surface area (Å²) < 4.78 is 9.02. The van der Waals surface area contributed by atoms with Crippen molar-refractivity contribution >= 4 is 24.1 Å². The fourth-order valence-electron chi connectivity index (χ4n) is 0.729. The van der Waals surface area contributed by atoms with E-state index < -0.39 is 0 Å². The zero-order valence-corrected chi connectivity index (χ0v) is 9.33. The minimum atomic E-state index is 0.595. The van der Waals surface area contributed by atoms with Crippen molar-refractivity contribution in [3.8, 4) is 0 Å². The average molecular weight is 251 g/mol. The van der Waals surface area contributed by atoms with E-state index in [1.165, 1.54) is 7.05 Å². The van der Waals surface area contributed by atoms with Crippen molar-refractivity contribution in [1.82, 2.24) is 5.23 Å². The molecule has 6 nitrogen and oxygen atoms in total. The van der Waals surface area contributed by atoms with E-state index in [-0.39, 0.29) is 0 Å². The third-order valence-electron chi connectivity index (χ3n) is 1.21. The summed E-state index contributed by atoms with van der Waals surface area (Å²) in [7, 11) is 1.36. The molecule has 0 aromatic heterocycles. The highest BCUT2D eigenvalue weighted by Gasteiger charge is 2.01. The van der Waals surface area contributed by atoms with Gasteiger partial charge in [-0.25, -0.2) is 5.26 Å². The number of hydroxylamine groups is 2. The highest BCUT2D eigenvalue weighted by Crippen LogP contribution is 2.26. The van der Waals surface area contributed by atoms with Gasteiger partial charge in [-0.05, 0) is 18.2 Å². The Balaban J connectivity index is 2.50. The van der Waals surface area contributed by atoms with Gasteiger partial charge in [0.2, 0.25) is 0 Å². The summed E-state index contributed by atoms with van der Waals surface area (Å²) in [5.41, 5.74) is 0. The molecule has 1 rings (SSSR count). The maximum atomic E-state index is 8.73. The van der Waals surface area contributed by atoms with E-state index in [1.54, 1.807) is 24.3 Å². The predicted molar refractivity (Wildman–Crippen MR) is 53.6 cm³/mol. The Morgan fingerprint density at radius 3 is 2.53 bits per heavy atom. The van der Waals surface area contributed by atoms with Crippen molar-refractivity contribution in [2.45, 2.75) is 9.79 Å². The maximum Gasteiger partial charge on any atom is 0.0714 e. The molecule has 0 amide bonds. The van der Waals surface area contributed by atoms with Gasteiger partial charge in [-0.1, -0.05) is 16.3 Å². The van der Waals surface area contributed by atoms with Crippen molar-refractivity contribution in [3.63, 3.8) is 0 Å². The van der Waals surface area contributed by atoms with Crippen molar-refractivity contribution in [3.05, 3.63) is 24.3 Å². The third-order valence-corrected chi connectivity index (χ3v) is 2.52. The van der Waals surface area contributed by atoms with E-state index in [0.717, 1.165) is 33.9 Å². The molecular weight excluding hydrogens is 242 g/mol. The quantitative estimate of drug-likeness (QED) is 0.453. The topological polar surface area (TPSA) is 71.4 Å². The summed E-state index contributed by atoms with van der Waals surface area (Å²) in [6.07, 6.45) is 0. The van der Waals surface area contributed by atoms with Gasteiger partial charge in [0.1, 0.15) is 0 Å². The van der Waals surface area contributed by atoms with E-state index in [9.17, 15) is 0 Å². The van der Waals surface area contributed by atoms with Crippen LogP contribution in [0.25, 0.3) is 0 Å². The van der Waals surface area contributed by atoms with Crippen molar-refractivity contribution < 1.29 is 24.1 Å². The van der Waals surface area contributed by atoms with Gasteiger partial charge in [-0.2, -0.15) is 4.28 Å². The SMILES string of the molecule is CN(O)OSc1cccc(SOOO)c1. The van der Waals surface area contributed by atoms with Crippen LogP contribution in [0.2, 0.25) is 0 Å². The van der Waals surface area contributed by atoms with Gasteiger partial charge in [0, 0.05) is 16.8 Å². The van der Waals surface area contributed by atoms with Gasteiger partial charge < -0.3 is 0 Å². The summed E-state index contributed by atoms with van der Waals surface area (Å²) in [4.78, 5) is 1.49. The highest BCUT2D eigenvalue weighted by atomic mass is 32.2. The number of benzene rings is 1. The second kappa shape index (κ2) is 7.04. The van der Waals surface area contributed by atoms with Gasteiger partial charge in [-0.3, -0.25) is 5.21 Å². The summed E-state index contributed by atoms with van der Waals surface area (Å²) >= 11 is 1.83. The Hall–Kier alpha value is -0.320. The van der Waals surface area contributed by atoms with E-state index in [0.29, 0.717) is 5.23 Å².